The van der Waals surface area contributed by atoms with E-state index in [9.17, 15) is 0 Å². The van der Waals surface area contributed by atoms with Crippen LogP contribution < -0.4 is 4.90 Å². The Bertz CT molecular complexity index is 3010. The Morgan fingerprint density at radius 1 is 0.607 bits per heavy atom. The zero-order valence-electron chi connectivity index (χ0n) is 31.4. The van der Waals surface area contributed by atoms with Gasteiger partial charge in [0.25, 0.3) is 0 Å². The van der Waals surface area contributed by atoms with Crippen molar-refractivity contribution in [3.63, 3.8) is 0 Å². The molecule has 268 valence electrons. The summed E-state index contributed by atoms with van der Waals surface area (Å²) >= 11 is 0. The number of hydrogen-bond acceptors (Lipinski definition) is 2. The summed E-state index contributed by atoms with van der Waals surface area (Å²) in [5, 5.41) is 12.2. The molecule has 0 saturated heterocycles. The highest BCUT2D eigenvalue weighted by Crippen LogP contribution is 2.51. The predicted octanol–water partition coefficient (Wildman–Crippen LogP) is 13.6. The van der Waals surface area contributed by atoms with E-state index >= 15 is 0 Å². The lowest BCUT2D eigenvalue weighted by molar-refractivity contribution is 0.660. The lowest BCUT2D eigenvalue weighted by Gasteiger charge is -2.28. The van der Waals surface area contributed by atoms with Gasteiger partial charge in [0.1, 0.15) is 0 Å². The van der Waals surface area contributed by atoms with Crippen LogP contribution in [-0.2, 0) is 5.41 Å². The van der Waals surface area contributed by atoms with Gasteiger partial charge in [-0.25, -0.2) is 0 Å². The standard InChI is InChI=1S/C52H40N4/c1-4-5-20-48(53)35-21-24-39(25-22-35)55(41-26-29-43-42-18-12-13-19-46(42)52(2,3)47(43)34-41)40-27-30-49-45(33-40)44-28-23-36-31-32-54(37-14-8-6-9-15-37)50(36)51(44)56(49)38-16-10-7-11-17-38/h4-34,53H,1H2,2-3H3/b20-5-,53-48?. The summed E-state index contributed by atoms with van der Waals surface area (Å²) in [5.74, 6) is 0. The Balaban J connectivity index is 1.22. The van der Waals surface area contributed by atoms with Gasteiger partial charge in [0.05, 0.1) is 22.3 Å². The molecule has 10 rings (SSSR count). The number of hydrogen-bond donors (Lipinski definition) is 1. The summed E-state index contributed by atoms with van der Waals surface area (Å²) in [4.78, 5) is 2.36. The molecular weight excluding hydrogens is 681 g/mol. The topological polar surface area (TPSA) is 37.0 Å². The van der Waals surface area contributed by atoms with Gasteiger partial charge in [-0.1, -0.05) is 124 Å². The number of nitrogens with zero attached hydrogens (tertiary/aromatic N) is 3. The largest absolute Gasteiger partial charge is 0.315 e. The summed E-state index contributed by atoms with van der Waals surface area (Å²) in [7, 11) is 0. The number of rotatable bonds is 8. The summed E-state index contributed by atoms with van der Waals surface area (Å²) in [6.45, 7) is 8.44. The van der Waals surface area contributed by atoms with E-state index in [4.69, 9.17) is 5.41 Å². The average molecular weight is 721 g/mol. The molecule has 4 nitrogen and oxygen atoms in total. The van der Waals surface area contributed by atoms with Crippen molar-refractivity contribution in [2.75, 3.05) is 4.90 Å². The third-order valence-corrected chi connectivity index (χ3v) is 11.5. The molecule has 0 unspecified atom stereocenters. The highest BCUT2D eigenvalue weighted by Gasteiger charge is 2.35. The second-order valence-corrected chi connectivity index (χ2v) is 15.1. The minimum Gasteiger partial charge on any atom is -0.315 e. The van der Waals surface area contributed by atoms with E-state index in [1.54, 1.807) is 18.2 Å². The molecule has 0 saturated carbocycles. The fourth-order valence-electron chi connectivity index (χ4n) is 8.83. The Hall–Kier alpha value is -7.17. The van der Waals surface area contributed by atoms with Crippen molar-refractivity contribution in [3.05, 3.63) is 211 Å². The van der Waals surface area contributed by atoms with Crippen LogP contribution in [0.15, 0.2) is 195 Å². The summed E-state index contributed by atoms with van der Waals surface area (Å²) < 4.78 is 4.74. The number of nitrogens with one attached hydrogen (secondary N) is 1. The van der Waals surface area contributed by atoms with E-state index < -0.39 is 0 Å². The molecule has 1 aliphatic rings. The van der Waals surface area contributed by atoms with Gasteiger partial charge in [0.15, 0.2) is 0 Å². The second kappa shape index (κ2) is 13.0. The first-order valence-corrected chi connectivity index (χ1v) is 19.1. The Morgan fingerprint density at radius 3 is 2.04 bits per heavy atom. The maximum Gasteiger partial charge on any atom is 0.0788 e. The molecule has 4 heteroatoms. The normalized spacial score (nSPS) is 13.0. The molecule has 0 bridgehead atoms. The minimum absolute atomic E-state index is 0.143. The van der Waals surface area contributed by atoms with Crippen molar-refractivity contribution in [3.8, 4) is 22.5 Å². The molecule has 9 aromatic rings. The van der Waals surface area contributed by atoms with Gasteiger partial charge in [0.2, 0.25) is 0 Å². The molecular formula is C52H40N4. The lowest BCUT2D eigenvalue weighted by atomic mass is 9.82. The van der Waals surface area contributed by atoms with Gasteiger partial charge in [-0.2, -0.15) is 0 Å². The minimum atomic E-state index is -0.143. The fraction of sp³-hybridized carbons (Fsp3) is 0.0577. The Morgan fingerprint density at radius 2 is 1.27 bits per heavy atom. The van der Waals surface area contributed by atoms with Crippen LogP contribution in [0, 0.1) is 5.41 Å². The Labute approximate surface area is 327 Å². The SMILES string of the molecule is C=C/C=C\C(=N)c1ccc(N(c2ccc3c(c2)C(C)(C)c2ccccc2-3)c2ccc3c(c2)c2ccc4ccn(-c5ccccc5)c4c2n3-c2ccccc2)cc1. The molecule has 0 atom stereocenters. The maximum atomic E-state index is 8.63. The first-order chi connectivity index (χ1) is 27.4. The number of aromatic nitrogens is 2. The van der Waals surface area contributed by atoms with Gasteiger partial charge >= 0.3 is 0 Å². The molecule has 1 aliphatic carbocycles. The van der Waals surface area contributed by atoms with Crippen molar-refractivity contribution >= 4 is 55.5 Å². The molecule has 1 N–H and O–H groups in total. The summed E-state index contributed by atoms with van der Waals surface area (Å²) in [6.07, 6.45) is 7.47. The molecule has 7 aromatic carbocycles. The molecule has 0 amide bonds. The van der Waals surface area contributed by atoms with Crippen LogP contribution >= 0.6 is 0 Å². The van der Waals surface area contributed by atoms with E-state index in [-0.39, 0.29) is 5.41 Å². The third kappa shape index (κ3) is 5.18. The number of benzene rings is 7. The zero-order valence-corrected chi connectivity index (χ0v) is 31.4. The number of para-hydroxylation sites is 2. The monoisotopic (exact) mass is 720 g/mol. The highest BCUT2D eigenvalue weighted by molar-refractivity contribution is 6.19. The number of anilines is 3. The van der Waals surface area contributed by atoms with E-state index in [0.29, 0.717) is 5.71 Å². The third-order valence-electron chi connectivity index (χ3n) is 11.5. The van der Waals surface area contributed by atoms with E-state index in [0.717, 1.165) is 39.5 Å². The summed E-state index contributed by atoms with van der Waals surface area (Å²) in [5.41, 5.74) is 15.3. The van der Waals surface area contributed by atoms with Crippen molar-refractivity contribution < 1.29 is 0 Å². The van der Waals surface area contributed by atoms with Crippen LogP contribution in [0.5, 0.6) is 0 Å². The molecule has 2 aromatic heterocycles. The quantitative estimate of drug-likeness (QED) is 0.123. The van der Waals surface area contributed by atoms with Crippen molar-refractivity contribution in [2.24, 2.45) is 0 Å². The average Bonchev–Trinajstić information content (AvgIpc) is 3.89. The van der Waals surface area contributed by atoms with Crippen LogP contribution in [0.4, 0.5) is 17.1 Å². The van der Waals surface area contributed by atoms with E-state index in [1.165, 1.54) is 49.4 Å². The van der Waals surface area contributed by atoms with Crippen molar-refractivity contribution in [1.82, 2.24) is 9.13 Å². The van der Waals surface area contributed by atoms with Gasteiger partial charge in [-0.05, 0) is 107 Å². The molecule has 0 spiro atoms. The van der Waals surface area contributed by atoms with Crippen LogP contribution in [0.3, 0.4) is 0 Å². The van der Waals surface area contributed by atoms with Gasteiger partial charge in [-0.15, -0.1) is 0 Å². The van der Waals surface area contributed by atoms with Crippen LogP contribution in [0.2, 0.25) is 0 Å². The first-order valence-electron chi connectivity index (χ1n) is 19.1. The molecule has 0 radical (unpaired) electrons. The number of allylic oxidation sites excluding steroid dienone is 3. The predicted molar refractivity (Wildman–Crippen MR) is 236 cm³/mol. The maximum absolute atomic E-state index is 8.63. The van der Waals surface area contributed by atoms with Crippen molar-refractivity contribution in [1.29, 1.82) is 5.41 Å². The van der Waals surface area contributed by atoms with Gasteiger partial charge < -0.3 is 19.4 Å². The second-order valence-electron chi connectivity index (χ2n) is 15.1. The van der Waals surface area contributed by atoms with Crippen LogP contribution in [-0.4, -0.2) is 14.8 Å². The van der Waals surface area contributed by atoms with Gasteiger partial charge in [0, 0.05) is 56.2 Å². The molecule has 56 heavy (non-hydrogen) atoms. The van der Waals surface area contributed by atoms with E-state index in [1.807, 2.05) is 12.1 Å². The van der Waals surface area contributed by atoms with E-state index in [2.05, 4.69) is 192 Å². The Kier molecular flexibility index (Phi) is 7.75. The lowest BCUT2D eigenvalue weighted by Crippen LogP contribution is -2.16. The van der Waals surface area contributed by atoms with Crippen LogP contribution in [0.1, 0.15) is 30.5 Å². The number of fused-ring (bicyclic) bond motifs is 8. The van der Waals surface area contributed by atoms with Crippen LogP contribution in [0.25, 0.3) is 55.2 Å². The fourth-order valence-corrected chi connectivity index (χ4v) is 8.83. The zero-order chi connectivity index (χ0) is 38.0. The molecule has 0 fully saturated rings. The van der Waals surface area contributed by atoms with Crippen molar-refractivity contribution in [2.45, 2.75) is 19.3 Å². The summed E-state index contributed by atoms with van der Waals surface area (Å²) in [6, 6.07) is 59.0. The first kappa shape index (κ1) is 33.4. The highest BCUT2D eigenvalue weighted by atomic mass is 15.1. The molecule has 0 aliphatic heterocycles. The smallest absolute Gasteiger partial charge is 0.0788 e. The van der Waals surface area contributed by atoms with Gasteiger partial charge in [-0.3, -0.25) is 0 Å². The molecule has 2 heterocycles.